The van der Waals surface area contributed by atoms with Gasteiger partial charge < -0.3 is 21.7 Å². The number of carboxylic acids is 2. The van der Waals surface area contributed by atoms with Crippen LogP contribution in [-0.2, 0) is 11.2 Å². The molecule has 0 radical (unpaired) electrons. The second-order valence-corrected chi connectivity index (χ2v) is 6.22. The Labute approximate surface area is 144 Å². The Morgan fingerprint density at radius 1 is 1.16 bits per heavy atom. The van der Waals surface area contributed by atoms with Crippen molar-refractivity contribution < 1.29 is 19.8 Å². The summed E-state index contributed by atoms with van der Waals surface area (Å²) in [6, 6.07) is 2.86. The molecule has 3 rings (SSSR count). The van der Waals surface area contributed by atoms with E-state index in [2.05, 4.69) is 19.9 Å². The quantitative estimate of drug-likeness (QED) is 0.507. The summed E-state index contributed by atoms with van der Waals surface area (Å²) in [6.45, 7) is 0. The van der Waals surface area contributed by atoms with E-state index in [4.69, 9.17) is 16.6 Å². The molecular weight excluding hydrogens is 348 g/mol. The number of fused-ring (bicyclic) bond motifs is 1. The average Bonchev–Trinajstić information content (AvgIpc) is 3.02. The molecule has 11 heteroatoms. The Hall–Kier alpha value is -3.34. The Morgan fingerprint density at radius 3 is 2.56 bits per heavy atom. The molecule has 0 aromatic carbocycles. The number of hydrogen-bond acceptors (Lipinski definition) is 9. The third-order valence-electron chi connectivity index (χ3n) is 3.39. The largest absolute Gasteiger partial charge is 0.481 e. The van der Waals surface area contributed by atoms with Crippen molar-refractivity contribution in [3.05, 3.63) is 33.8 Å². The number of aromatic nitrogens is 4. The molecule has 3 heterocycles. The smallest absolute Gasteiger partial charge is 0.345 e. The van der Waals surface area contributed by atoms with Gasteiger partial charge in [0.1, 0.15) is 4.88 Å². The lowest BCUT2D eigenvalue weighted by Gasteiger charge is -2.10. The molecule has 128 valence electrons. The van der Waals surface area contributed by atoms with Gasteiger partial charge in [-0.1, -0.05) is 0 Å². The zero-order valence-electron chi connectivity index (χ0n) is 12.6. The second-order valence-electron chi connectivity index (χ2n) is 5.10. The lowest BCUT2D eigenvalue weighted by Crippen LogP contribution is -2.14. The Kier molecular flexibility index (Phi) is 4.15. The van der Waals surface area contributed by atoms with Gasteiger partial charge >= 0.3 is 11.9 Å². The number of aliphatic carboxylic acids is 1. The number of carboxylic acid groups (broad SMARTS) is 2. The highest BCUT2D eigenvalue weighted by Crippen LogP contribution is 2.28. The number of hydrogen-bond donors (Lipinski definition) is 4. The van der Waals surface area contributed by atoms with Gasteiger partial charge in [0.15, 0.2) is 17.0 Å². The van der Waals surface area contributed by atoms with Crippen LogP contribution >= 0.6 is 11.3 Å². The first-order chi connectivity index (χ1) is 11.8. The zero-order chi connectivity index (χ0) is 18.1. The van der Waals surface area contributed by atoms with Crippen LogP contribution in [0, 0.1) is 0 Å². The van der Waals surface area contributed by atoms with E-state index in [0.717, 1.165) is 11.3 Å². The monoisotopic (exact) mass is 360 g/mol. The van der Waals surface area contributed by atoms with E-state index in [1.54, 1.807) is 0 Å². The Morgan fingerprint density at radius 2 is 1.92 bits per heavy atom. The number of anilines is 2. The average molecular weight is 360 g/mol. The van der Waals surface area contributed by atoms with Crippen LogP contribution < -0.4 is 11.5 Å². The highest BCUT2D eigenvalue weighted by Gasteiger charge is 2.24. The molecule has 0 aliphatic carbocycles. The van der Waals surface area contributed by atoms with Crippen LogP contribution in [0.15, 0.2) is 18.3 Å². The van der Waals surface area contributed by atoms with E-state index in [1.807, 2.05) is 0 Å². The fourth-order valence-corrected chi connectivity index (χ4v) is 3.19. The second kappa shape index (κ2) is 6.28. The molecule has 1 atom stereocenters. The van der Waals surface area contributed by atoms with Crippen LogP contribution in [-0.4, -0.2) is 42.1 Å². The number of carbonyl (C=O) groups is 2. The summed E-state index contributed by atoms with van der Waals surface area (Å²) in [5.41, 5.74) is 12.1. The van der Waals surface area contributed by atoms with Gasteiger partial charge in [-0.2, -0.15) is 9.97 Å². The van der Waals surface area contributed by atoms with Crippen LogP contribution in [0.5, 0.6) is 0 Å². The maximum Gasteiger partial charge on any atom is 0.345 e. The van der Waals surface area contributed by atoms with Gasteiger partial charge in [0, 0.05) is 11.3 Å². The molecule has 0 bridgehead atoms. The molecule has 0 fully saturated rings. The van der Waals surface area contributed by atoms with E-state index in [1.165, 1.54) is 18.3 Å². The molecular formula is C14H12N6O4S. The predicted octanol–water partition coefficient (Wildman–Crippen LogP) is 0.755. The molecule has 0 saturated carbocycles. The predicted molar refractivity (Wildman–Crippen MR) is 89.3 cm³/mol. The molecule has 0 aliphatic heterocycles. The van der Waals surface area contributed by atoms with Crippen LogP contribution in [0.1, 0.15) is 26.2 Å². The van der Waals surface area contributed by atoms with Gasteiger partial charge in [-0.15, -0.1) is 11.3 Å². The van der Waals surface area contributed by atoms with Crippen LogP contribution in [0.2, 0.25) is 0 Å². The van der Waals surface area contributed by atoms with Gasteiger partial charge in [0.2, 0.25) is 5.95 Å². The number of rotatable bonds is 5. The summed E-state index contributed by atoms with van der Waals surface area (Å²) in [5, 5.41) is 18.5. The lowest BCUT2D eigenvalue weighted by atomic mass is 10.0. The van der Waals surface area contributed by atoms with Crippen molar-refractivity contribution in [2.75, 3.05) is 11.5 Å². The first-order valence-corrected chi connectivity index (χ1v) is 7.77. The van der Waals surface area contributed by atoms with Crippen molar-refractivity contribution in [3.8, 4) is 0 Å². The maximum absolute atomic E-state index is 11.6. The van der Waals surface area contributed by atoms with Crippen LogP contribution in [0.4, 0.5) is 11.8 Å². The molecule has 6 N–H and O–H groups in total. The Bertz CT molecular complexity index is 989. The van der Waals surface area contributed by atoms with Gasteiger partial charge in [-0.05, 0) is 12.1 Å². The van der Waals surface area contributed by atoms with Crippen molar-refractivity contribution in [2.45, 2.75) is 12.3 Å². The SMILES string of the molecule is Nc1nc(N)c2nc(CC(C(=O)O)c3ccc(C(=O)O)s3)cnc2n1. The first-order valence-electron chi connectivity index (χ1n) is 6.95. The third-order valence-corrected chi connectivity index (χ3v) is 4.58. The molecule has 25 heavy (non-hydrogen) atoms. The van der Waals surface area contributed by atoms with Gasteiger partial charge in [0.05, 0.1) is 17.8 Å². The zero-order valence-corrected chi connectivity index (χ0v) is 13.4. The van der Waals surface area contributed by atoms with Crippen molar-refractivity contribution in [1.29, 1.82) is 0 Å². The van der Waals surface area contributed by atoms with Crippen molar-refractivity contribution in [1.82, 2.24) is 19.9 Å². The molecule has 3 aromatic rings. The molecule has 0 saturated heterocycles. The van der Waals surface area contributed by atoms with Gasteiger partial charge in [-0.25, -0.2) is 14.8 Å². The fraction of sp³-hybridized carbons (Fsp3) is 0.143. The Balaban J connectivity index is 1.95. The highest BCUT2D eigenvalue weighted by atomic mass is 32.1. The minimum absolute atomic E-state index is 0.0155. The number of thiophene rings is 1. The summed E-state index contributed by atoms with van der Waals surface area (Å²) in [7, 11) is 0. The topological polar surface area (TPSA) is 178 Å². The first kappa shape index (κ1) is 16.5. The standard InChI is InChI=1S/C14H12N6O4S/c15-10-9-11(20-14(16)19-10)17-4-5(18-9)3-6(12(21)22)7-1-2-8(25-7)13(23)24/h1-2,4,6H,3H2,(H,21,22)(H,23,24)(H4,15,16,17,19,20). The van der Waals surface area contributed by atoms with E-state index in [0.29, 0.717) is 10.6 Å². The highest BCUT2D eigenvalue weighted by molar-refractivity contribution is 7.14. The molecule has 10 nitrogen and oxygen atoms in total. The molecule has 0 amide bonds. The number of nitrogen functional groups attached to an aromatic ring is 2. The summed E-state index contributed by atoms with van der Waals surface area (Å²) in [5.74, 6) is -3.14. The number of aromatic carboxylic acids is 1. The number of nitrogens with two attached hydrogens (primary N) is 2. The minimum Gasteiger partial charge on any atom is -0.481 e. The molecule has 3 aromatic heterocycles. The van der Waals surface area contributed by atoms with Crippen molar-refractivity contribution in [3.63, 3.8) is 0 Å². The summed E-state index contributed by atoms with van der Waals surface area (Å²) < 4.78 is 0. The van der Waals surface area contributed by atoms with Crippen molar-refractivity contribution in [2.24, 2.45) is 0 Å². The maximum atomic E-state index is 11.6. The van der Waals surface area contributed by atoms with E-state index >= 15 is 0 Å². The summed E-state index contributed by atoms with van der Waals surface area (Å²) >= 11 is 0.911. The van der Waals surface area contributed by atoms with E-state index in [9.17, 15) is 14.7 Å². The third kappa shape index (κ3) is 3.30. The fourth-order valence-electron chi connectivity index (χ4n) is 2.25. The summed E-state index contributed by atoms with van der Waals surface area (Å²) in [6.07, 6.45) is 1.40. The van der Waals surface area contributed by atoms with Gasteiger partial charge in [0.25, 0.3) is 0 Å². The van der Waals surface area contributed by atoms with Gasteiger partial charge in [-0.3, -0.25) is 4.79 Å². The van der Waals surface area contributed by atoms with E-state index < -0.39 is 17.9 Å². The molecule has 0 spiro atoms. The van der Waals surface area contributed by atoms with Crippen LogP contribution in [0.3, 0.4) is 0 Å². The summed E-state index contributed by atoms with van der Waals surface area (Å²) in [4.78, 5) is 39.1. The minimum atomic E-state index is -1.10. The molecule has 1 unspecified atom stereocenters. The van der Waals surface area contributed by atoms with Crippen molar-refractivity contribution >= 4 is 46.2 Å². The molecule has 0 aliphatic rings. The lowest BCUT2D eigenvalue weighted by molar-refractivity contribution is -0.138. The van der Waals surface area contributed by atoms with E-state index in [-0.39, 0.29) is 34.2 Å². The van der Waals surface area contributed by atoms with Crippen LogP contribution in [0.25, 0.3) is 11.2 Å². The number of nitrogens with zero attached hydrogens (tertiary/aromatic N) is 4. The normalized spacial score (nSPS) is 12.2.